The Kier molecular flexibility index (Phi) is 5.21. The van der Waals surface area contributed by atoms with Crippen LogP contribution in [0.5, 0.6) is 5.75 Å². The lowest BCUT2D eigenvalue weighted by molar-refractivity contribution is -0.112. The first kappa shape index (κ1) is 15.9. The van der Waals surface area contributed by atoms with E-state index >= 15 is 0 Å². The van der Waals surface area contributed by atoms with Gasteiger partial charge in [0.05, 0.1) is 12.8 Å². The van der Waals surface area contributed by atoms with E-state index in [2.05, 4.69) is 10.6 Å². The molecule has 0 bridgehead atoms. The molecule has 0 saturated heterocycles. The van der Waals surface area contributed by atoms with Gasteiger partial charge in [0.25, 0.3) is 5.91 Å². The third-order valence-corrected chi connectivity index (χ3v) is 3.01. The Balaban J connectivity index is 2.10. The van der Waals surface area contributed by atoms with Crippen molar-refractivity contribution in [1.82, 2.24) is 0 Å². The highest BCUT2D eigenvalue weighted by Crippen LogP contribution is 2.23. The molecule has 6 heteroatoms. The van der Waals surface area contributed by atoms with Crippen molar-refractivity contribution in [3.63, 3.8) is 0 Å². The fraction of sp³-hybridized carbons (Fsp3) is 0.0588. The summed E-state index contributed by atoms with van der Waals surface area (Å²) in [6.45, 7) is 0. The molecule has 0 unspecified atom stereocenters. The van der Waals surface area contributed by atoms with Crippen LogP contribution in [0.4, 0.5) is 17.1 Å². The highest BCUT2D eigenvalue weighted by Gasteiger charge is 2.11. The lowest BCUT2D eigenvalue weighted by Gasteiger charge is -2.09. The summed E-state index contributed by atoms with van der Waals surface area (Å²) in [5.74, 6) is -0.00965. The minimum atomic E-state index is -0.528. The van der Waals surface area contributed by atoms with Crippen molar-refractivity contribution in [2.24, 2.45) is 0 Å². The van der Waals surface area contributed by atoms with E-state index in [4.69, 9.17) is 15.7 Å². The van der Waals surface area contributed by atoms with Crippen LogP contribution in [0.1, 0.15) is 0 Å². The third-order valence-electron chi connectivity index (χ3n) is 3.01. The number of carbonyl (C=O) groups is 1. The average Bonchev–Trinajstić information content (AvgIpc) is 2.57. The lowest BCUT2D eigenvalue weighted by atomic mass is 10.2. The minimum Gasteiger partial charge on any atom is -0.495 e. The summed E-state index contributed by atoms with van der Waals surface area (Å²) >= 11 is 0. The number of hydrogen-bond donors (Lipinski definition) is 3. The van der Waals surface area contributed by atoms with Gasteiger partial charge in [-0.15, -0.1) is 0 Å². The van der Waals surface area contributed by atoms with Crippen molar-refractivity contribution >= 4 is 23.0 Å². The van der Waals surface area contributed by atoms with Crippen LogP contribution in [0, 0.1) is 11.3 Å². The SMILES string of the molecule is COc1ccccc1NC(=O)/C(C#N)=C\Nc1ccc(N)cc1. The maximum absolute atomic E-state index is 12.2. The van der Waals surface area contributed by atoms with Crippen LogP contribution in [0.25, 0.3) is 0 Å². The molecule has 23 heavy (non-hydrogen) atoms. The summed E-state index contributed by atoms with van der Waals surface area (Å²) in [5, 5.41) is 14.7. The molecule has 0 aliphatic rings. The van der Waals surface area contributed by atoms with Gasteiger partial charge in [-0.2, -0.15) is 5.26 Å². The van der Waals surface area contributed by atoms with Gasteiger partial charge in [-0.25, -0.2) is 0 Å². The van der Waals surface area contributed by atoms with Gasteiger partial charge >= 0.3 is 0 Å². The highest BCUT2D eigenvalue weighted by atomic mass is 16.5. The molecule has 2 aromatic rings. The first-order chi connectivity index (χ1) is 11.1. The van der Waals surface area contributed by atoms with E-state index in [1.807, 2.05) is 6.07 Å². The topological polar surface area (TPSA) is 100 Å². The van der Waals surface area contributed by atoms with Crippen LogP contribution >= 0.6 is 0 Å². The maximum atomic E-state index is 12.2. The van der Waals surface area contributed by atoms with E-state index in [9.17, 15) is 4.79 Å². The van der Waals surface area contributed by atoms with Gasteiger partial charge in [-0.1, -0.05) is 12.1 Å². The second kappa shape index (κ2) is 7.52. The molecule has 0 atom stereocenters. The predicted molar refractivity (Wildman–Crippen MR) is 89.8 cm³/mol. The highest BCUT2D eigenvalue weighted by molar-refractivity contribution is 6.07. The number of carbonyl (C=O) groups excluding carboxylic acids is 1. The molecule has 4 N–H and O–H groups in total. The summed E-state index contributed by atoms with van der Waals surface area (Å²) in [4.78, 5) is 12.2. The number of nitrogens with two attached hydrogens (primary N) is 1. The summed E-state index contributed by atoms with van der Waals surface area (Å²) < 4.78 is 5.16. The van der Waals surface area contributed by atoms with Gasteiger partial charge in [-0.3, -0.25) is 4.79 Å². The van der Waals surface area contributed by atoms with Gasteiger partial charge in [0.2, 0.25) is 0 Å². The Morgan fingerprint density at radius 2 is 1.91 bits per heavy atom. The number of ether oxygens (including phenoxy) is 1. The second-order valence-electron chi connectivity index (χ2n) is 4.59. The maximum Gasteiger partial charge on any atom is 0.267 e. The first-order valence-electron chi connectivity index (χ1n) is 6.80. The molecule has 0 aliphatic carbocycles. The van der Waals surface area contributed by atoms with Crippen LogP contribution in [-0.4, -0.2) is 13.0 Å². The summed E-state index contributed by atoms with van der Waals surface area (Å²) in [6.07, 6.45) is 1.34. The monoisotopic (exact) mass is 308 g/mol. The molecule has 0 radical (unpaired) electrons. The van der Waals surface area contributed by atoms with Crippen molar-refractivity contribution < 1.29 is 9.53 Å². The van der Waals surface area contributed by atoms with Gasteiger partial charge in [-0.05, 0) is 36.4 Å². The van der Waals surface area contributed by atoms with Gasteiger partial charge < -0.3 is 21.1 Å². The number of methoxy groups -OCH3 is 1. The lowest BCUT2D eigenvalue weighted by Crippen LogP contribution is -2.15. The van der Waals surface area contributed by atoms with E-state index in [0.717, 1.165) is 5.69 Å². The average molecular weight is 308 g/mol. The molecule has 2 rings (SSSR count). The van der Waals surface area contributed by atoms with E-state index in [0.29, 0.717) is 17.1 Å². The Bertz CT molecular complexity index is 761. The molecule has 116 valence electrons. The smallest absolute Gasteiger partial charge is 0.267 e. The first-order valence-corrected chi connectivity index (χ1v) is 6.80. The molecule has 2 aromatic carbocycles. The normalized spacial score (nSPS) is 10.5. The molecule has 0 aliphatic heterocycles. The van der Waals surface area contributed by atoms with Gasteiger partial charge in [0.1, 0.15) is 17.4 Å². The van der Waals surface area contributed by atoms with Crippen LogP contribution in [-0.2, 0) is 4.79 Å². The zero-order valence-corrected chi connectivity index (χ0v) is 12.5. The molecular weight excluding hydrogens is 292 g/mol. The zero-order chi connectivity index (χ0) is 16.7. The number of nitrogen functional groups attached to an aromatic ring is 1. The Morgan fingerprint density at radius 1 is 1.22 bits per heavy atom. The number of rotatable bonds is 5. The third kappa shape index (κ3) is 4.25. The summed E-state index contributed by atoms with van der Waals surface area (Å²) in [7, 11) is 1.51. The fourth-order valence-corrected chi connectivity index (χ4v) is 1.82. The molecule has 6 nitrogen and oxygen atoms in total. The van der Waals surface area contributed by atoms with Crippen molar-refractivity contribution in [3.8, 4) is 11.8 Å². The molecule has 0 spiro atoms. The Hall–Kier alpha value is -3.46. The van der Waals surface area contributed by atoms with Crippen molar-refractivity contribution in [3.05, 3.63) is 60.3 Å². The summed E-state index contributed by atoms with van der Waals surface area (Å²) in [6, 6.07) is 15.8. The largest absolute Gasteiger partial charge is 0.495 e. The Labute approximate surface area is 134 Å². The van der Waals surface area contributed by atoms with Gasteiger partial charge in [0, 0.05) is 17.6 Å². The number of benzene rings is 2. The minimum absolute atomic E-state index is 0.0623. The number of nitrogens with one attached hydrogen (secondary N) is 2. The number of nitriles is 1. The Morgan fingerprint density at radius 3 is 2.57 bits per heavy atom. The van der Waals surface area contributed by atoms with E-state index in [-0.39, 0.29) is 5.57 Å². The number of anilines is 3. The molecule has 0 heterocycles. The number of hydrogen-bond acceptors (Lipinski definition) is 5. The zero-order valence-electron chi connectivity index (χ0n) is 12.5. The number of para-hydroxylation sites is 2. The molecule has 0 fully saturated rings. The molecule has 1 amide bonds. The standard InChI is InChI=1S/C17H16N4O2/c1-23-16-5-3-2-4-15(16)21-17(22)12(10-18)11-20-14-8-6-13(19)7-9-14/h2-9,11,20H,19H2,1H3,(H,21,22)/b12-11-. The van der Waals surface area contributed by atoms with E-state index < -0.39 is 5.91 Å². The fourth-order valence-electron chi connectivity index (χ4n) is 1.82. The van der Waals surface area contributed by atoms with Crippen LogP contribution in [0.2, 0.25) is 0 Å². The predicted octanol–water partition coefficient (Wildman–Crippen LogP) is 2.74. The van der Waals surface area contributed by atoms with E-state index in [1.54, 1.807) is 48.5 Å². The van der Waals surface area contributed by atoms with E-state index in [1.165, 1.54) is 13.3 Å². The molecule has 0 saturated carbocycles. The summed E-state index contributed by atoms with van der Waals surface area (Å²) in [5.41, 5.74) is 7.38. The van der Waals surface area contributed by atoms with Gasteiger partial charge in [0.15, 0.2) is 0 Å². The number of amides is 1. The second-order valence-corrected chi connectivity index (χ2v) is 4.59. The molecule has 0 aromatic heterocycles. The molecular formula is C17H16N4O2. The number of nitrogens with zero attached hydrogens (tertiary/aromatic N) is 1. The van der Waals surface area contributed by atoms with Crippen molar-refractivity contribution in [2.45, 2.75) is 0 Å². The van der Waals surface area contributed by atoms with Crippen LogP contribution < -0.4 is 21.1 Å². The van der Waals surface area contributed by atoms with Crippen LogP contribution in [0.15, 0.2) is 60.3 Å². The van der Waals surface area contributed by atoms with Crippen molar-refractivity contribution in [1.29, 1.82) is 5.26 Å². The van der Waals surface area contributed by atoms with Crippen LogP contribution in [0.3, 0.4) is 0 Å². The van der Waals surface area contributed by atoms with Crippen molar-refractivity contribution in [2.75, 3.05) is 23.5 Å². The quantitative estimate of drug-likeness (QED) is 0.448.